The zero-order chi connectivity index (χ0) is 11.1. The van der Waals surface area contributed by atoms with Crippen LogP contribution < -0.4 is 5.73 Å². The van der Waals surface area contributed by atoms with Gasteiger partial charge in [-0.1, -0.05) is 6.42 Å². The molecule has 4 heteroatoms. The number of rotatable bonds is 6. The van der Waals surface area contributed by atoms with Gasteiger partial charge in [-0.3, -0.25) is 4.90 Å². The molecule has 1 unspecified atom stereocenters. The maximum Gasteiger partial charge on any atom is 0.0608 e. The fourth-order valence-electron chi connectivity index (χ4n) is 1.77. The van der Waals surface area contributed by atoms with Gasteiger partial charge in [0.05, 0.1) is 19.8 Å². The van der Waals surface area contributed by atoms with Crippen molar-refractivity contribution in [3.63, 3.8) is 0 Å². The predicted octanol–water partition coefficient (Wildman–Crippen LogP) is 0.199. The summed E-state index contributed by atoms with van der Waals surface area (Å²) in [6.07, 6.45) is 3.14. The average molecular weight is 216 g/mol. The maximum atomic E-state index is 8.99. The van der Waals surface area contributed by atoms with Crippen molar-refractivity contribution in [3.8, 4) is 0 Å². The Morgan fingerprint density at radius 2 is 2.00 bits per heavy atom. The second-order valence-electron chi connectivity index (χ2n) is 4.72. The van der Waals surface area contributed by atoms with Gasteiger partial charge in [0.25, 0.3) is 0 Å². The van der Waals surface area contributed by atoms with E-state index < -0.39 is 5.54 Å². The van der Waals surface area contributed by atoms with Crippen LogP contribution in [-0.2, 0) is 4.74 Å². The van der Waals surface area contributed by atoms with Crippen molar-refractivity contribution in [1.82, 2.24) is 4.90 Å². The number of aliphatic hydroxyl groups excluding tert-OH is 1. The van der Waals surface area contributed by atoms with Crippen LogP contribution in [0.15, 0.2) is 0 Å². The molecule has 1 rings (SSSR count). The van der Waals surface area contributed by atoms with E-state index in [2.05, 4.69) is 4.90 Å². The summed E-state index contributed by atoms with van der Waals surface area (Å²) in [5.74, 6) is 0. The third kappa shape index (κ3) is 5.47. The third-order valence-electron chi connectivity index (χ3n) is 2.94. The van der Waals surface area contributed by atoms with Gasteiger partial charge in [-0.05, 0) is 26.3 Å². The fraction of sp³-hybridized carbons (Fsp3) is 1.00. The Hall–Kier alpha value is -0.160. The second kappa shape index (κ2) is 6.43. The Kier molecular flexibility index (Phi) is 5.53. The van der Waals surface area contributed by atoms with E-state index in [1.54, 1.807) is 0 Å². The highest BCUT2D eigenvalue weighted by molar-refractivity contribution is 4.77. The van der Waals surface area contributed by atoms with Gasteiger partial charge < -0.3 is 15.6 Å². The van der Waals surface area contributed by atoms with Crippen LogP contribution in [0.2, 0.25) is 0 Å². The Morgan fingerprint density at radius 1 is 1.33 bits per heavy atom. The molecule has 1 fully saturated rings. The van der Waals surface area contributed by atoms with Gasteiger partial charge in [-0.15, -0.1) is 0 Å². The van der Waals surface area contributed by atoms with Crippen LogP contribution in [0.3, 0.4) is 0 Å². The summed E-state index contributed by atoms with van der Waals surface area (Å²) in [7, 11) is 0. The van der Waals surface area contributed by atoms with E-state index in [9.17, 15) is 0 Å². The van der Waals surface area contributed by atoms with Crippen LogP contribution in [0.1, 0.15) is 26.2 Å². The van der Waals surface area contributed by atoms with Crippen molar-refractivity contribution in [1.29, 1.82) is 0 Å². The lowest BCUT2D eigenvalue weighted by atomic mass is 9.97. The van der Waals surface area contributed by atoms with Crippen LogP contribution in [0.25, 0.3) is 0 Å². The summed E-state index contributed by atoms with van der Waals surface area (Å²) in [6, 6.07) is 0. The third-order valence-corrected chi connectivity index (χ3v) is 2.94. The van der Waals surface area contributed by atoms with E-state index >= 15 is 0 Å². The molecule has 1 saturated heterocycles. The van der Waals surface area contributed by atoms with E-state index in [1.165, 1.54) is 0 Å². The first-order valence-corrected chi connectivity index (χ1v) is 5.84. The predicted molar refractivity (Wildman–Crippen MR) is 60.8 cm³/mol. The number of hydrogen-bond donors (Lipinski definition) is 2. The molecule has 0 aliphatic carbocycles. The first kappa shape index (κ1) is 12.9. The van der Waals surface area contributed by atoms with E-state index in [1.807, 2.05) is 6.92 Å². The first-order chi connectivity index (χ1) is 7.14. The number of ether oxygens (including phenoxy) is 1. The van der Waals surface area contributed by atoms with Crippen LogP contribution in [-0.4, -0.2) is 55.0 Å². The molecular weight excluding hydrogens is 192 g/mol. The van der Waals surface area contributed by atoms with Gasteiger partial charge in [0.2, 0.25) is 0 Å². The quantitative estimate of drug-likeness (QED) is 0.623. The summed E-state index contributed by atoms with van der Waals surface area (Å²) in [5, 5.41) is 8.99. The molecule has 4 nitrogen and oxygen atoms in total. The summed E-state index contributed by atoms with van der Waals surface area (Å²) in [5.41, 5.74) is 5.45. The van der Waals surface area contributed by atoms with Crippen LogP contribution in [0, 0.1) is 0 Å². The van der Waals surface area contributed by atoms with Crippen molar-refractivity contribution >= 4 is 0 Å². The lowest BCUT2D eigenvalue weighted by Gasteiger charge is -2.27. The number of unbranched alkanes of at least 4 members (excludes halogenated alkanes) is 1. The molecule has 0 amide bonds. The van der Waals surface area contributed by atoms with E-state index in [0.717, 1.165) is 52.1 Å². The Labute approximate surface area is 92.4 Å². The molecule has 90 valence electrons. The van der Waals surface area contributed by atoms with Crippen molar-refractivity contribution in [2.75, 3.05) is 39.5 Å². The minimum atomic E-state index is -0.398. The minimum Gasteiger partial charge on any atom is -0.394 e. The van der Waals surface area contributed by atoms with Crippen LogP contribution in [0.4, 0.5) is 0 Å². The van der Waals surface area contributed by atoms with Crippen LogP contribution in [0.5, 0.6) is 0 Å². The Bertz CT molecular complexity index is 168. The smallest absolute Gasteiger partial charge is 0.0608 e. The summed E-state index contributed by atoms with van der Waals surface area (Å²) < 4.78 is 5.28. The molecule has 0 aromatic rings. The van der Waals surface area contributed by atoms with Crippen molar-refractivity contribution in [2.45, 2.75) is 31.7 Å². The Balaban J connectivity index is 2.00. The highest BCUT2D eigenvalue weighted by Gasteiger charge is 2.16. The number of nitrogens with two attached hydrogens (primary N) is 1. The zero-order valence-corrected chi connectivity index (χ0v) is 9.74. The van der Waals surface area contributed by atoms with Gasteiger partial charge >= 0.3 is 0 Å². The molecule has 0 spiro atoms. The largest absolute Gasteiger partial charge is 0.394 e. The monoisotopic (exact) mass is 216 g/mol. The van der Waals surface area contributed by atoms with Crippen molar-refractivity contribution in [2.24, 2.45) is 5.73 Å². The van der Waals surface area contributed by atoms with E-state index in [-0.39, 0.29) is 6.61 Å². The Morgan fingerprint density at radius 3 is 2.60 bits per heavy atom. The molecule has 0 bridgehead atoms. The van der Waals surface area contributed by atoms with E-state index in [0.29, 0.717) is 0 Å². The molecule has 0 radical (unpaired) electrons. The minimum absolute atomic E-state index is 0.0740. The fourth-order valence-corrected chi connectivity index (χ4v) is 1.77. The van der Waals surface area contributed by atoms with Gasteiger partial charge in [-0.25, -0.2) is 0 Å². The first-order valence-electron chi connectivity index (χ1n) is 5.84. The molecule has 1 atom stereocenters. The summed E-state index contributed by atoms with van der Waals surface area (Å²) in [4.78, 5) is 2.43. The molecule has 0 aromatic carbocycles. The molecule has 15 heavy (non-hydrogen) atoms. The summed E-state index contributed by atoms with van der Waals surface area (Å²) >= 11 is 0. The lowest BCUT2D eigenvalue weighted by Crippen LogP contribution is -2.40. The molecular formula is C11H24N2O2. The lowest BCUT2D eigenvalue weighted by molar-refractivity contribution is 0.0368. The van der Waals surface area contributed by atoms with Crippen molar-refractivity contribution in [3.05, 3.63) is 0 Å². The van der Waals surface area contributed by atoms with Crippen molar-refractivity contribution < 1.29 is 9.84 Å². The number of nitrogens with zero attached hydrogens (tertiary/aromatic N) is 1. The highest BCUT2D eigenvalue weighted by Crippen LogP contribution is 2.10. The van der Waals surface area contributed by atoms with Gasteiger partial charge in [-0.2, -0.15) is 0 Å². The highest BCUT2D eigenvalue weighted by atomic mass is 16.5. The second-order valence-corrected chi connectivity index (χ2v) is 4.72. The molecule has 1 heterocycles. The average Bonchev–Trinajstić information content (AvgIpc) is 2.26. The normalized spacial score (nSPS) is 22.6. The molecule has 1 aliphatic heterocycles. The van der Waals surface area contributed by atoms with Gasteiger partial charge in [0.15, 0.2) is 0 Å². The van der Waals surface area contributed by atoms with Gasteiger partial charge in [0.1, 0.15) is 0 Å². The zero-order valence-electron chi connectivity index (χ0n) is 9.74. The number of hydrogen-bond acceptors (Lipinski definition) is 4. The van der Waals surface area contributed by atoms with Crippen LogP contribution >= 0.6 is 0 Å². The topological polar surface area (TPSA) is 58.7 Å². The maximum absolute atomic E-state index is 8.99. The standard InChI is InChI=1S/C11H24N2O2/c1-11(12,10-14)4-2-3-5-13-6-8-15-9-7-13/h14H,2-10,12H2,1H3. The summed E-state index contributed by atoms with van der Waals surface area (Å²) in [6.45, 7) is 6.95. The molecule has 0 saturated carbocycles. The number of aliphatic hydroxyl groups is 1. The molecule has 1 aliphatic rings. The van der Waals surface area contributed by atoms with E-state index in [4.69, 9.17) is 15.6 Å². The molecule has 0 aromatic heterocycles. The molecule has 3 N–H and O–H groups in total. The SMILES string of the molecule is CC(N)(CO)CCCCN1CCOCC1. The number of morpholine rings is 1. The van der Waals surface area contributed by atoms with Gasteiger partial charge in [0, 0.05) is 18.6 Å².